The summed E-state index contributed by atoms with van der Waals surface area (Å²) in [5.41, 5.74) is 0. The van der Waals surface area contributed by atoms with E-state index in [1.54, 1.807) is 0 Å². The van der Waals surface area contributed by atoms with E-state index in [9.17, 15) is 0 Å². The molecular weight excluding hydrogens is 260 g/mol. The number of ether oxygens (including phenoxy) is 1. The van der Waals surface area contributed by atoms with Crippen LogP contribution < -0.4 is 0 Å². The molecule has 1 saturated heterocycles. The first-order valence-corrected chi connectivity index (χ1v) is 7.66. The fourth-order valence-electron chi connectivity index (χ4n) is 1.52. The van der Waals surface area contributed by atoms with Crippen LogP contribution in [0.25, 0.3) is 0 Å². The van der Waals surface area contributed by atoms with Crippen molar-refractivity contribution >= 4 is 27.7 Å². The highest BCUT2D eigenvalue weighted by Crippen LogP contribution is 2.27. The van der Waals surface area contributed by atoms with Gasteiger partial charge in [0, 0.05) is 23.8 Å². The van der Waals surface area contributed by atoms with Crippen LogP contribution in [0.4, 0.5) is 0 Å². The molecule has 0 bridgehead atoms. The van der Waals surface area contributed by atoms with Crippen molar-refractivity contribution in [3.05, 3.63) is 0 Å². The molecule has 1 aliphatic heterocycles. The molecule has 1 heterocycles. The predicted octanol–water partition coefficient (Wildman–Crippen LogP) is 3.57. The Kier molecular flexibility index (Phi) is 6.55. The zero-order chi connectivity index (χ0) is 10.4. The number of halogens is 1. The highest BCUT2D eigenvalue weighted by atomic mass is 79.9. The van der Waals surface area contributed by atoms with Gasteiger partial charge in [0.2, 0.25) is 0 Å². The lowest BCUT2D eigenvalue weighted by atomic mass is 10.0. The van der Waals surface area contributed by atoms with Gasteiger partial charge in [0.25, 0.3) is 0 Å². The van der Waals surface area contributed by atoms with Crippen molar-refractivity contribution < 1.29 is 4.74 Å². The lowest BCUT2D eigenvalue weighted by molar-refractivity contribution is 0.1000. The van der Waals surface area contributed by atoms with Crippen molar-refractivity contribution in [2.75, 3.05) is 24.3 Å². The summed E-state index contributed by atoms with van der Waals surface area (Å²) in [6, 6.07) is 0. The summed E-state index contributed by atoms with van der Waals surface area (Å²) in [5.74, 6) is 2.91. The van der Waals surface area contributed by atoms with Gasteiger partial charge in [0.1, 0.15) is 0 Å². The Hall–Kier alpha value is 0.790. The standard InChI is InChI=1S/C11H21BrOS/c1-9(2)10(7-12)8-14-11-3-5-13-6-4-11/h9-11H,3-8H2,1-2H3. The predicted molar refractivity (Wildman–Crippen MR) is 68.4 cm³/mol. The number of hydrogen-bond acceptors (Lipinski definition) is 2. The Morgan fingerprint density at radius 3 is 2.50 bits per heavy atom. The fraction of sp³-hybridized carbons (Fsp3) is 1.00. The maximum absolute atomic E-state index is 5.36. The Labute approximate surface area is 100 Å². The van der Waals surface area contributed by atoms with Gasteiger partial charge in [-0.1, -0.05) is 29.8 Å². The molecule has 0 aromatic carbocycles. The summed E-state index contributed by atoms with van der Waals surface area (Å²) in [7, 11) is 0. The van der Waals surface area contributed by atoms with Gasteiger partial charge in [-0.25, -0.2) is 0 Å². The first kappa shape index (κ1) is 12.9. The van der Waals surface area contributed by atoms with Crippen LogP contribution in [0.15, 0.2) is 0 Å². The second kappa shape index (κ2) is 7.13. The van der Waals surface area contributed by atoms with E-state index in [4.69, 9.17) is 4.74 Å². The molecule has 0 saturated carbocycles. The largest absolute Gasteiger partial charge is 0.381 e. The third-order valence-corrected chi connectivity index (χ3v) is 5.25. The van der Waals surface area contributed by atoms with Crippen molar-refractivity contribution in [2.24, 2.45) is 11.8 Å². The Morgan fingerprint density at radius 1 is 1.36 bits per heavy atom. The second-order valence-corrected chi connectivity index (χ2v) is 6.28. The second-order valence-electron chi connectivity index (χ2n) is 4.30. The quantitative estimate of drug-likeness (QED) is 0.713. The van der Waals surface area contributed by atoms with Crippen LogP contribution in [0.2, 0.25) is 0 Å². The van der Waals surface area contributed by atoms with Crippen molar-refractivity contribution in [2.45, 2.75) is 31.9 Å². The van der Waals surface area contributed by atoms with E-state index >= 15 is 0 Å². The molecular formula is C11H21BrOS. The molecule has 0 spiro atoms. The minimum absolute atomic E-state index is 0.793. The molecule has 0 aliphatic carbocycles. The smallest absolute Gasteiger partial charge is 0.0476 e. The molecule has 1 atom stereocenters. The molecule has 0 radical (unpaired) electrons. The molecule has 0 N–H and O–H groups in total. The SMILES string of the molecule is CC(C)C(CBr)CSC1CCOCC1. The van der Waals surface area contributed by atoms with Gasteiger partial charge in [-0.15, -0.1) is 0 Å². The van der Waals surface area contributed by atoms with Gasteiger partial charge in [-0.2, -0.15) is 11.8 Å². The van der Waals surface area contributed by atoms with E-state index in [0.29, 0.717) is 0 Å². The van der Waals surface area contributed by atoms with E-state index in [1.165, 1.54) is 18.6 Å². The molecule has 1 fully saturated rings. The van der Waals surface area contributed by atoms with Gasteiger partial charge in [0.15, 0.2) is 0 Å². The van der Waals surface area contributed by atoms with E-state index in [0.717, 1.165) is 35.6 Å². The molecule has 1 nitrogen and oxygen atoms in total. The lowest BCUT2D eigenvalue weighted by Gasteiger charge is -2.24. The summed E-state index contributed by atoms with van der Waals surface area (Å²) in [5, 5.41) is 1.99. The van der Waals surface area contributed by atoms with Crippen molar-refractivity contribution in [1.82, 2.24) is 0 Å². The summed E-state index contributed by atoms with van der Waals surface area (Å²) in [4.78, 5) is 0. The topological polar surface area (TPSA) is 9.23 Å². The zero-order valence-corrected chi connectivity index (χ0v) is 11.6. The van der Waals surface area contributed by atoms with Gasteiger partial charge < -0.3 is 4.74 Å². The van der Waals surface area contributed by atoms with Gasteiger partial charge in [-0.3, -0.25) is 0 Å². The highest BCUT2D eigenvalue weighted by Gasteiger charge is 2.18. The molecule has 14 heavy (non-hydrogen) atoms. The summed E-state index contributed by atoms with van der Waals surface area (Å²) < 4.78 is 5.36. The number of alkyl halides is 1. The molecule has 1 rings (SSSR count). The van der Waals surface area contributed by atoms with E-state index in [-0.39, 0.29) is 0 Å². The normalized spacial score (nSPS) is 21.4. The Morgan fingerprint density at radius 2 is 2.00 bits per heavy atom. The first-order valence-electron chi connectivity index (χ1n) is 5.49. The average molecular weight is 281 g/mol. The van der Waals surface area contributed by atoms with Crippen LogP contribution >= 0.6 is 27.7 Å². The van der Waals surface area contributed by atoms with E-state index < -0.39 is 0 Å². The molecule has 0 aromatic heterocycles. The van der Waals surface area contributed by atoms with Gasteiger partial charge >= 0.3 is 0 Å². The molecule has 1 aliphatic rings. The van der Waals surface area contributed by atoms with Crippen LogP contribution in [0.5, 0.6) is 0 Å². The van der Waals surface area contributed by atoms with E-state index in [2.05, 4.69) is 41.5 Å². The minimum Gasteiger partial charge on any atom is -0.381 e. The van der Waals surface area contributed by atoms with Gasteiger partial charge in [0.05, 0.1) is 0 Å². The van der Waals surface area contributed by atoms with Crippen molar-refractivity contribution in [1.29, 1.82) is 0 Å². The van der Waals surface area contributed by atoms with Crippen molar-refractivity contribution in [3.8, 4) is 0 Å². The van der Waals surface area contributed by atoms with Crippen LogP contribution in [0.3, 0.4) is 0 Å². The van der Waals surface area contributed by atoms with Crippen LogP contribution in [-0.4, -0.2) is 29.5 Å². The van der Waals surface area contributed by atoms with E-state index in [1.807, 2.05) is 0 Å². The highest BCUT2D eigenvalue weighted by molar-refractivity contribution is 9.09. The van der Waals surface area contributed by atoms with Crippen molar-refractivity contribution in [3.63, 3.8) is 0 Å². The number of rotatable bonds is 5. The van der Waals surface area contributed by atoms with Crippen LogP contribution in [0.1, 0.15) is 26.7 Å². The molecule has 0 aromatic rings. The Balaban J connectivity index is 2.16. The summed E-state index contributed by atoms with van der Waals surface area (Å²) in [6.07, 6.45) is 2.50. The molecule has 84 valence electrons. The minimum atomic E-state index is 0.793. The first-order chi connectivity index (χ1) is 6.74. The molecule has 1 unspecified atom stereocenters. The zero-order valence-electron chi connectivity index (χ0n) is 9.17. The maximum Gasteiger partial charge on any atom is 0.0476 e. The summed E-state index contributed by atoms with van der Waals surface area (Å²) in [6.45, 7) is 6.57. The van der Waals surface area contributed by atoms with Crippen LogP contribution in [0, 0.1) is 11.8 Å². The molecule has 3 heteroatoms. The van der Waals surface area contributed by atoms with Crippen LogP contribution in [-0.2, 0) is 4.74 Å². The number of hydrogen-bond donors (Lipinski definition) is 0. The summed E-state index contributed by atoms with van der Waals surface area (Å²) >= 11 is 5.75. The van der Waals surface area contributed by atoms with Gasteiger partial charge in [-0.05, 0) is 30.4 Å². The average Bonchev–Trinajstić information content (AvgIpc) is 2.20. The third kappa shape index (κ3) is 4.54. The maximum atomic E-state index is 5.36. The molecule has 0 amide bonds. The monoisotopic (exact) mass is 280 g/mol. The lowest BCUT2D eigenvalue weighted by Crippen LogP contribution is -2.21. The Bertz CT molecular complexity index is 146. The third-order valence-electron chi connectivity index (χ3n) is 2.86. The number of thioether (sulfide) groups is 1. The fourth-order valence-corrected chi connectivity index (χ4v) is 4.34.